The highest BCUT2D eigenvalue weighted by Crippen LogP contribution is 2.30. The molecule has 0 fully saturated rings. The zero-order valence-electron chi connectivity index (χ0n) is 13.8. The second-order valence-corrected chi connectivity index (χ2v) is 6.88. The number of carbonyl (C=O) groups is 2. The van der Waals surface area contributed by atoms with Crippen LogP contribution in [-0.4, -0.2) is 16.8 Å². The van der Waals surface area contributed by atoms with Gasteiger partial charge in [0.15, 0.2) is 0 Å². The number of carbonyl (C=O) groups excluding carboxylic acids is 2. The molecule has 1 atom stereocenters. The summed E-state index contributed by atoms with van der Waals surface area (Å²) in [7, 11) is 0. The first kappa shape index (κ1) is 16.3. The number of nitrogens with one attached hydrogen (secondary N) is 3. The van der Waals surface area contributed by atoms with E-state index in [4.69, 9.17) is 0 Å². The van der Waals surface area contributed by atoms with Crippen LogP contribution in [-0.2, 0) is 4.79 Å². The molecule has 24 heavy (non-hydrogen) atoms. The zero-order valence-corrected chi connectivity index (χ0v) is 14.6. The first-order valence-electron chi connectivity index (χ1n) is 7.70. The van der Waals surface area contributed by atoms with E-state index < -0.39 is 0 Å². The quantitative estimate of drug-likeness (QED) is 0.671. The van der Waals surface area contributed by atoms with E-state index in [-0.39, 0.29) is 17.9 Å². The average molecular weight is 341 g/mol. The van der Waals surface area contributed by atoms with E-state index in [1.807, 2.05) is 26.0 Å². The van der Waals surface area contributed by atoms with E-state index in [0.29, 0.717) is 11.3 Å². The summed E-state index contributed by atoms with van der Waals surface area (Å²) >= 11 is 1.67. The summed E-state index contributed by atoms with van der Waals surface area (Å²) in [5, 5.41) is 6.87. The van der Waals surface area contributed by atoms with Gasteiger partial charge in [-0.3, -0.25) is 9.59 Å². The van der Waals surface area contributed by atoms with Gasteiger partial charge in [0.2, 0.25) is 5.91 Å². The zero-order chi connectivity index (χ0) is 17.3. The molecule has 6 heteroatoms. The molecule has 3 aromatic rings. The van der Waals surface area contributed by atoms with Crippen molar-refractivity contribution in [1.29, 1.82) is 0 Å². The highest BCUT2D eigenvalue weighted by atomic mass is 32.1. The molecule has 2 aromatic heterocycles. The summed E-state index contributed by atoms with van der Waals surface area (Å²) in [6.07, 6.45) is 1.63. The molecule has 0 aliphatic heterocycles. The lowest BCUT2D eigenvalue weighted by Crippen LogP contribution is -2.27. The molecule has 0 aliphatic carbocycles. The maximum atomic E-state index is 12.7. The SMILES string of the molecule is CC(=O)Nc1c[nH]c(C)c1C(=O)N[C@H](C)c1cc2ccccc2s1. The summed E-state index contributed by atoms with van der Waals surface area (Å²) in [6, 6.07) is 10.1. The second kappa shape index (κ2) is 6.49. The fourth-order valence-corrected chi connectivity index (χ4v) is 3.73. The standard InChI is InChI=1S/C18H19N3O2S/c1-10(16-8-13-6-4-5-7-15(13)24-16)20-18(23)17-11(2)19-9-14(17)21-12(3)22/h4-10,19H,1-3H3,(H,20,23)(H,21,22)/t10-/m1/s1. The van der Waals surface area contributed by atoms with Gasteiger partial charge in [0, 0.05) is 28.4 Å². The maximum Gasteiger partial charge on any atom is 0.255 e. The van der Waals surface area contributed by atoms with Gasteiger partial charge in [0.1, 0.15) is 0 Å². The molecule has 0 spiro atoms. The summed E-state index contributed by atoms with van der Waals surface area (Å²) in [5.41, 5.74) is 1.69. The molecule has 0 aliphatic rings. The average Bonchev–Trinajstić information content (AvgIpc) is 3.10. The Labute approximate surface area is 144 Å². The molecule has 5 nitrogen and oxygen atoms in total. The summed E-state index contributed by atoms with van der Waals surface area (Å²) in [4.78, 5) is 28.0. The molecule has 3 N–H and O–H groups in total. The molecule has 0 saturated heterocycles. The van der Waals surface area contributed by atoms with Crippen LogP contribution >= 0.6 is 11.3 Å². The third kappa shape index (κ3) is 3.19. The van der Waals surface area contributed by atoms with E-state index in [0.717, 1.165) is 10.6 Å². The van der Waals surface area contributed by atoms with Gasteiger partial charge >= 0.3 is 0 Å². The van der Waals surface area contributed by atoms with Crippen molar-refractivity contribution in [2.24, 2.45) is 0 Å². The number of anilines is 1. The monoisotopic (exact) mass is 341 g/mol. The molecule has 2 amide bonds. The number of H-pyrrole nitrogens is 1. The number of aromatic nitrogens is 1. The van der Waals surface area contributed by atoms with E-state index in [1.165, 1.54) is 17.0 Å². The van der Waals surface area contributed by atoms with Crippen LogP contribution in [0.25, 0.3) is 10.1 Å². The van der Waals surface area contributed by atoms with Gasteiger partial charge in [0.25, 0.3) is 5.91 Å². The second-order valence-electron chi connectivity index (χ2n) is 5.77. The van der Waals surface area contributed by atoms with Gasteiger partial charge < -0.3 is 15.6 Å². The van der Waals surface area contributed by atoms with Crippen LogP contribution in [0, 0.1) is 6.92 Å². The van der Waals surface area contributed by atoms with Crippen LogP contribution in [0.15, 0.2) is 36.5 Å². The molecule has 0 radical (unpaired) electrons. The van der Waals surface area contributed by atoms with Crippen LogP contribution in [0.3, 0.4) is 0 Å². The van der Waals surface area contributed by atoms with Crippen molar-refractivity contribution in [2.45, 2.75) is 26.8 Å². The number of benzene rings is 1. The van der Waals surface area contributed by atoms with Crippen molar-refractivity contribution in [3.8, 4) is 0 Å². The van der Waals surface area contributed by atoms with Crippen LogP contribution < -0.4 is 10.6 Å². The lowest BCUT2D eigenvalue weighted by atomic mass is 10.1. The molecular weight excluding hydrogens is 322 g/mol. The summed E-state index contributed by atoms with van der Waals surface area (Å²) in [6.45, 7) is 5.19. The minimum Gasteiger partial charge on any atom is -0.363 e. The van der Waals surface area contributed by atoms with Gasteiger partial charge in [-0.05, 0) is 31.4 Å². The Morgan fingerprint density at radius 3 is 2.71 bits per heavy atom. The Balaban J connectivity index is 1.81. The van der Waals surface area contributed by atoms with Crippen molar-refractivity contribution in [2.75, 3.05) is 5.32 Å². The fraction of sp³-hybridized carbons (Fsp3) is 0.222. The topological polar surface area (TPSA) is 74.0 Å². The third-order valence-corrected chi connectivity index (χ3v) is 5.13. The number of aryl methyl sites for hydroxylation is 1. The number of amides is 2. The Hall–Kier alpha value is -2.60. The summed E-state index contributed by atoms with van der Waals surface area (Å²) in [5.74, 6) is -0.414. The number of rotatable bonds is 4. The minimum absolute atomic E-state index is 0.116. The van der Waals surface area contributed by atoms with Crippen molar-refractivity contribution in [3.05, 3.63) is 52.7 Å². The van der Waals surface area contributed by atoms with Crippen LogP contribution in [0.4, 0.5) is 5.69 Å². The highest BCUT2D eigenvalue weighted by molar-refractivity contribution is 7.19. The number of hydrogen-bond donors (Lipinski definition) is 3. The Kier molecular flexibility index (Phi) is 4.40. The van der Waals surface area contributed by atoms with E-state index in [2.05, 4.69) is 33.8 Å². The minimum atomic E-state index is -0.208. The largest absolute Gasteiger partial charge is 0.363 e. The van der Waals surface area contributed by atoms with Crippen molar-refractivity contribution < 1.29 is 9.59 Å². The number of hydrogen-bond acceptors (Lipinski definition) is 3. The first-order chi connectivity index (χ1) is 11.5. The predicted molar refractivity (Wildman–Crippen MR) is 97.5 cm³/mol. The van der Waals surface area contributed by atoms with Gasteiger partial charge in [-0.25, -0.2) is 0 Å². The molecule has 3 rings (SSSR count). The number of aromatic amines is 1. The molecule has 0 unspecified atom stereocenters. The fourth-order valence-electron chi connectivity index (χ4n) is 2.66. The maximum absolute atomic E-state index is 12.7. The normalized spacial score (nSPS) is 12.1. The van der Waals surface area contributed by atoms with Crippen molar-refractivity contribution >= 4 is 38.9 Å². The molecule has 2 heterocycles. The first-order valence-corrected chi connectivity index (χ1v) is 8.52. The van der Waals surface area contributed by atoms with E-state index >= 15 is 0 Å². The van der Waals surface area contributed by atoms with E-state index in [1.54, 1.807) is 17.5 Å². The molecule has 1 aromatic carbocycles. The van der Waals surface area contributed by atoms with Gasteiger partial charge in [-0.2, -0.15) is 0 Å². The highest BCUT2D eigenvalue weighted by Gasteiger charge is 2.20. The van der Waals surface area contributed by atoms with Crippen LogP contribution in [0.2, 0.25) is 0 Å². The smallest absolute Gasteiger partial charge is 0.255 e. The Morgan fingerprint density at radius 2 is 2.00 bits per heavy atom. The van der Waals surface area contributed by atoms with Crippen molar-refractivity contribution in [1.82, 2.24) is 10.3 Å². The molecule has 0 saturated carbocycles. The number of fused-ring (bicyclic) bond motifs is 1. The van der Waals surface area contributed by atoms with Crippen molar-refractivity contribution in [3.63, 3.8) is 0 Å². The lowest BCUT2D eigenvalue weighted by Gasteiger charge is -2.13. The molecular formula is C18H19N3O2S. The predicted octanol–water partition coefficient (Wildman–Crippen LogP) is 3.99. The van der Waals surface area contributed by atoms with Crippen LogP contribution in [0.5, 0.6) is 0 Å². The molecule has 124 valence electrons. The van der Waals surface area contributed by atoms with Crippen LogP contribution in [0.1, 0.15) is 40.8 Å². The van der Waals surface area contributed by atoms with E-state index in [9.17, 15) is 9.59 Å². The lowest BCUT2D eigenvalue weighted by molar-refractivity contribution is -0.114. The van der Waals surface area contributed by atoms with Gasteiger partial charge in [-0.15, -0.1) is 11.3 Å². The Bertz CT molecular complexity index is 877. The summed E-state index contributed by atoms with van der Waals surface area (Å²) < 4.78 is 1.20. The van der Waals surface area contributed by atoms with Gasteiger partial charge in [0.05, 0.1) is 17.3 Å². The third-order valence-electron chi connectivity index (χ3n) is 3.83. The molecule has 0 bridgehead atoms. The Morgan fingerprint density at radius 1 is 1.25 bits per heavy atom. The number of thiophene rings is 1. The van der Waals surface area contributed by atoms with Gasteiger partial charge in [-0.1, -0.05) is 18.2 Å².